The van der Waals surface area contributed by atoms with Gasteiger partial charge in [0.2, 0.25) is 0 Å². The summed E-state index contributed by atoms with van der Waals surface area (Å²) in [4.78, 5) is 13.9. The van der Waals surface area contributed by atoms with Crippen molar-refractivity contribution in [2.75, 3.05) is 13.7 Å². The maximum atomic E-state index is 13.9. The van der Waals surface area contributed by atoms with E-state index in [1.807, 2.05) is 188 Å². The minimum absolute atomic E-state index is 0.168. The predicted octanol–water partition coefficient (Wildman–Crippen LogP) is 11.0. The van der Waals surface area contributed by atoms with Crippen LogP contribution in [0, 0.1) is 0 Å². The summed E-state index contributed by atoms with van der Waals surface area (Å²) in [5.74, 6) is -0.00320. The van der Waals surface area contributed by atoms with E-state index < -0.39 is 36.5 Å². The molecule has 0 aromatic heterocycles. The Bertz CT molecular complexity index is 2470. The third-order valence-corrected chi connectivity index (χ3v) is 11.2. The van der Waals surface area contributed by atoms with E-state index in [-0.39, 0.29) is 44.3 Å². The summed E-state index contributed by atoms with van der Waals surface area (Å²) in [6.07, 6.45) is -3.61. The SMILES string of the molecule is COC(=O)c1cc([C@@H]2O[C@H](COCc3ccccc3)[C@@H](OCc3ccccc3)[C@H](OCc3ccccc3)[C@H]2OCc2ccccc2)cc(OCc2ccccc2)c1OCc1ccccc1. The van der Waals surface area contributed by atoms with Gasteiger partial charge in [-0.05, 0) is 51.1 Å². The molecule has 0 aliphatic carbocycles. The highest BCUT2D eigenvalue weighted by Gasteiger charge is 2.49. The van der Waals surface area contributed by atoms with E-state index in [2.05, 4.69) is 0 Å². The molecule has 0 amide bonds. The van der Waals surface area contributed by atoms with Gasteiger partial charge in [-0.1, -0.05) is 182 Å². The van der Waals surface area contributed by atoms with Crippen molar-refractivity contribution in [2.24, 2.45) is 0 Å². The van der Waals surface area contributed by atoms with Gasteiger partial charge in [0.15, 0.2) is 11.5 Å². The van der Waals surface area contributed by atoms with Gasteiger partial charge in [-0.15, -0.1) is 0 Å². The van der Waals surface area contributed by atoms with Gasteiger partial charge in [-0.2, -0.15) is 0 Å². The fourth-order valence-corrected chi connectivity index (χ4v) is 7.83. The fourth-order valence-electron chi connectivity index (χ4n) is 7.83. The van der Waals surface area contributed by atoms with Crippen LogP contribution in [0.1, 0.15) is 55.4 Å². The molecule has 0 N–H and O–H groups in total. The number of rotatable bonds is 21. The third-order valence-electron chi connectivity index (χ3n) is 11.2. The number of carbonyl (C=O) groups excluding carboxylic acids is 1. The minimum atomic E-state index is -0.827. The first-order chi connectivity index (χ1) is 32.1. The highest BCUT2D eigenvalue weighted by atomic mass is 16.6. The lowest BCUT2D eigenvalue weighted by atomic mass is 9.89. The Hall–Kier alpha value is -6.59. The van der Waals surface area contributed by atoms with Crippen LogP contribution in [0.5, 0.6) is 11.5 Å². The van der Waals surface area contributed by atoms with Gasteiger partial charge < -0.3 is 37.9 Å². The Morgan fingerprint density at radius 2 is 0.862 bits per heavy atom. The fraction of sp³-hybridized carbons (Fsp3) is 0.232. The van der Waals surface area contributed by atoms with Crippen molar-refractivity contribution in [1.29, 1.82) is 0 Å². The van der Waals surface area contributed by atoms with Crippen LogP contribution in [-0.2, 0) is 68.1 Å². The first-order valence-corrected chi connectivity index (χ1v) is 21.9. The molecule has 0 unspecified atom stereocenters. The number of ether oxygens (including phenoxy) is 8. The van der Waals surface area contributed by atoms with Crippen molar-refractivity contribution < 1.29 is 42.7 Å². The maximum Gasteiger partial charge on any atom is 0.341 e. The summed E-state index contributed by atoms with van der Waals surface area (Å²) in [5.41, 5.74) is 6.61. The summed E-state index contributed by atoms with van der Waals surface area (Å²) in [6.45, 7) is 1.74. The lowest BCUT2D eigenvalue weighted by molar-refractivity contribution is -0.275. The van der Waals surface area contributed by atoms with Crippen LogP contribution >= 0.6 is 0 Å². The van der Waals surface area contributed by atoms with Gasteiger partial charge in [0, 0.05) is 0 Å². The molecule has 0 bridgehead atoms. The first kappa shape index (κ1) is 45.0. The van der Waals surface area contributed by atoms with Crippen molar-refractivity contribution in [1.82, 2.24) is 0 Å². The highest BCUT2D eigenvalue weighted by molar-refractivity contribution is 5.94. The molecule has 5 atom stereocenters. The molecule has 0 spiro atoms. The van der Waals surface area contributed by atoms with Crippen LogP contribution in [0.15, 0.2) is 194 Å². The van der Waals surface area contributed by atoms with Crippen LogP contribution in [0.4, 0.5) is 0 Å². The predicted molar refractivity (Wildman–Crippen MR) is 248 cm³/mol. The zero-order chi connectivity index (χ0) is 44.5. The second-order valence-corrected chi connectivity index (χ2v) is 15.8. The molecule has 7 aromatic carbocycles. The van der Waals surface area contributed by atoms with Crippen molar-refractivity contribution >= 4 is 5.97 Å². The summed E-state index contributed by atoms with van der Waals surface area (Å²) in [5, 5.41) is 0. The van der Waals surface area contributed by atoms with Crippen molar-refractivity contribution in [3.8, 4) is 11.5 Å². The van der Waals surface area contributed by atoms with Gasteiger partial charge in [-0.3, -0.25) is 0 Å². The normalized spacial score (nSPS) is 18.1. The molecule has 8 rings (SSSR count). The third kappa shape index (κ3) is 12.6. The largest absolute Gasteiger partial charge is 0.485 e. The van der Waals surface area contributed by atoms with E-state index in [0.717, 1.165) is 33.4 Å². The molecule has 1 saturated heterocycles. The Kier molecular flexibility index (Phi) is 16.2. The maximum absolute atomic E-state index is 13.9. The van der Waals surface area contributed by atoms with E-state index in [4.69, 9.17) is 37.9 Å². The number of hydrogen-bond donors (Lipinski definition) is 0. The van der Waals surface area contributed by atoms with E-state index in [0.29, 0.717) is 24.5 Å². The van der Waals surface area contributed by atoms with Gasteiger partial charge in [-0.25, -0.2) is 4.79 Å². The Morgan fingerprint density at radius 1 is 0.462 bits per heavy atom. The number of carbonyl (C=O) groups is 1. The molecular weight excluding hydrogens is 817 g/mol. The van der Waals surface area contributed by atoms with Gasteiger partial charge in [0.05, 0.1) is 40.1 Å². The van der Waals surface area contributed by atoms with Gasteiger partial charge >= 0.3 is 5.97 Å². The van der Waals surface area contributed by atoms with E-state index in [1.165, 1.54) is 7.11 Å². The number of hydrogen-bond acceptors (Lipinski definition) is 9. The zero-order valence-electron chi connectivity index (χ0n) is 36.5. The average molecular weight is 871 g/mol. The van der Waals surface area contributed by atoms with Crippen LogP contribution < -0.4 is 9.47 Å². The molecule has 332 valence electrons. The number of methoxy groups -OCH3 is 1. The van der Waals surface area contributed by atoms with Crippen LogP contribution in [0.3, 0.4) is 0 Å². The summed E-state index contributed by atoms with van der Waals surface area (Å²) in [6, 6.07) is 63.3. The lowest BCUT2D eigenvalue weighted by Gasteiger charge is -2.46. The molecule has 1 fully saturated rings. The van der Waals surface area contributed by atoms with Crippen LogP contribution in [0.2, 0.25) is 0 Å². The Morgan fingerprint density at radius 3 is 1.32 bits per heavy atom. The molecule has 65 heavy (non-hydrogen) atoms. The molecule has 1 aliphatic heterocycles. The molecule has 0 radical (unpaired) electrons. The second kappa shape index (κ2) is 23.4. The molecule has 1 heterocycles. The topological polar surface area (TPSA) is 90.9 Å². The average Bonchev–Trinajstić information content (AvgIpc) is 3.37. The number of esters is 1. The summed E-state index contributed by atoms with van der Waals surface area (Å²) < 4.78 is 53.2. The monoisotopic (exact) mass is 870 g/mol. The quantitative estimate of drug-likeness (QED) is 0.0655. The summed E-state index contributed by atoms with van der Waals surface area (Å²) >= 11 is 0. The molecule has 1 aliphatic rings. The standard InChI is InChI=1S/C56H54O9/c1-58-56(57)48-32-47(33-49(60-35-42-22-10-3-11-23-42)52(48)61-36-43-24-12-4-13-25-43)51-54(63-38-45-28-16-6-17-29-45)55(64-39-46-30-18-7-19-31-46)53(62-37-44-26-14-5-15-27-44)50(65-51)40-59-34-41-20-8-2-9-21-41/h2-33,50-51,53-55H,34-40H2,1H3/t50-,51+,53-,54+,55+/m1/s1. The smallest absolute Gasteiger partial charge is 0.341 e. The van der Waals surface area contributed by atoms with E-state index >= 15 is 0 Å². The molecule has 7 aromatic rings. The van der Waals surface area contributed by atoms with Crippen molar-refractivity contribution in [3.63, 3.8) is 0 Å². The second-order valence-electron chi connectivity index (χ2n) is 15.8. The van der Waals surface area contributed by atoms with Gasteiger partial charge in [0.1, 0.15) is 49.3 Å². The molecular formula is C56H54O9. The Balaban J connectivity index is 1.23. The van der Waals surface area contributed by atoms with Crippen molar-refractivity contribution in [2.45, 2.75) is 70.2 Å². The van der Waals surface area contributed by atoms with Gasteiger partial charge in [0.25, 0.3) is 0 Å². The van der Waals surface area contributed by atoms with Crippen molar-refractivity contribution in [3.05, 3.63) is 239 Å². The summed E-state index contributed by atoms with van der Waals surface area (Å²) in [7, 11) is 1.35. The molecule has 0 saturated carbocycles. The van der Waals surface area contributed by atoms with Crippen LogP contribution in [0.25, 0.3) is 0 Å². The van der Waals surface area contributed by atoms with Crippen LogP contribution in [-0.4, -0.2) is 44.1 Å². The Labute approximate surface area is 381 Å². The van der Waals surface area contributed by atoms with E-state index in [1.54, 1.807) is 6.07 Å². The molecule has 9 nitrogen and oxygen atoms in total. The number of benzene rings is 7. The zero-order valence-corrected chi connectivity index (χ0v) is 36.5. The first-order valence-electron chi connectivity index (χ1n) is 21.9. The highest BCUT2D eigenvalue weighted by Crippen LogP contribution is 2.43. The lowest BCUT2D eigenvalue weighted by Crippen LogP contribution is -2.58. The van der Waals surface area contributed by atoms with E-state index in [9.17, 15) is 4.79 Å². The molecule has 9 heteroatoms. The minimum Gasteiger partial charge on any atom is -0.485 e.